The predicted octanol–water partition coefficient (Wildman–Crippen LogP) is 4.21. The number of fused-ring (bicyclic) bond motifs is 1. The Labute approximate surface area is 136 Å². The van der Waals surface area contributed by atoms with Gasteiger partial charge < -0.3 is 11.1 Å². The van der Waals surface area contributed by atoms with E-state index < -0.39 is 0 Å². The van der Waals surface area contributed by atoms with Crippen molar-refractivity contribution in [3.05, 3.63) is 58.4 Å². The summed E-state index contributed by atoms with van der Waals surface area (Å²) in [6.45, 7) is 5.90. The van der Waals surface area contributed by atoms with Crippen molar-refractivity contribution in [2.45, 2.75) is 44.9 Å². The fourth-order valence-corrected chi connectivity index (χ4v) is 4.24. The summed E-state index contributed by atoms with van der Waals surface area (Å²) in [7, 11) is 0. The molecule has 0 saturated carbocycles. The molecule has 1 aliphatic carbocycles. The van der Waals surface area contributed by atoms with E-state index in [1.165, 1.54) is 34.5 Å². The van der Waals surface area contributed by atoms with Gasteiger partial charge in [0.2, 0.25) is 0 Å². The van der Waals surface area contributed by atoms with Crippen LogP contribution < -0.4 is 11.1 Å². The molecule has 4 heteroatoms. The Morgan fingerprint density at radius 3 is 3.14 bits per heavy atom. The Morgan fingerprint density at radius 1 is 1.50 bits per heavy atom. The van der Waals surface area contributed by atoms with Gasteiger partial charge in [0, 0.05) is 4.88 Å². The lowest BCUT2D eigenvalue weighted by molar-refractivity contribution is 0.613. The molecule has 1 heterocycles. The number of nitrogens with one attached hydrogen (secondary N) is 1. The highest BCUT2D eigenvalue weighted by atomic mass is 32.1. The van der Waals surface area contributed by atoms with Gasteiger partial charge in [-0.15, -0.1) is 11.3 Å². The molecule has 1 unspecified atom stereocenters. The molecule has 1 aromatic carbocycles. The quantitative estimate of drug-likeness (QED) is 0.831. The van der Waals surface area contributed by atoms with E-state index in [-0.39, 0.29) is 0 Å². The third kappa shape index (κ3) is 3.33. The van der Waals surface area contributed by atoms with Crippen molar-refractivity contribution >= 4 is 16.5 Å². The van der Waals surface area contributed by atoms with E-state index >= 15 is 0 Å². The van der Waals surface area contributed by atoms with Crippen molar-refractivity contribution in [3.63, 3.8) is 0 Å². The second kappa shape index (κ2) is 6.53. The Morgan fingerprint density at radius 2 is 2.36 bits per heavy atom. The second-order valence-corrected chi connectivity index (χ2v) is 7.01. The average molecular weight is 313 g/mol. The van der Waals surface area contributed by atoms with Crippen LogP contribution in [0.1, 0.15) is 47.4 Å². The van der Waals surface area contributed by atoms with Crippen molar-refractivity contribution in [1.29, 1.82) is 0 Å². The van der Waals surface area contributed by atoms with Gasteiger partial charge in [-0.05, 0) is 49.1 Å². The number of aromatic nitrogens is 1. The number of benzene rings is 1. The van der Waals surface area contributed by atoms with E-state index in [9.17, 15) is 0 Å². The zero-order chi connectivity index (χ0) is 15.5. The monoisotopic (exact) mass is 313 g/mol. The highest BCUT2D eigenvalue weighted by Gasteiger charge is 2.22. The molecule has 1 aromatic heterocycles. The summed E-state index contributed by atoms with van der Waals surface area (Å²) in [6.07, 6.45) is 5.68. The lowest BCUT2D eigenvalue weighted by Gasteiger charge is -2.15. The Bertz CT molecular complexity index is 675. The molecule has 0 amide bonds. The van der Waals surface area contributed by atoms with Crippen LogP contribution in [0, 0.1) is 0 Å². The minimum atomic E-state index is 0.455. The van der Waals surface area contributed by atoms with Gasteiger partial charge >= 0.3 is 0 Å². The molecule has 0 fully saturated rings. The first kappa shape index (κ1) is 15.1. The molecule has 2 aromatic rings. The zero-order valence-electron chi connectivity index (χ0n) is 13.1. The number of nitrogens with zero attached hydrogens (tertiary/aromatic N) is 1. The predicted molar refractivity (Wildman–Crippen MR) is 94.3 cm³/mol. The second-order valence-electron chi connectivity index (χ2n) is 5.93. The average Bonchev–Trinajstić information content (AvgIpc) is 2.76. The maximum Gasteiger partial charge on any atom is 0.188 e. The summed E-state index contributed by atoms with van der Waals surface area (Å²) >= 11 is 1.72. The molecule has 0 aliphatic heterocycles. The fraction of sp³-hybridized carbons (Fsp3) is 0.389. The molecule has 3 rings (SSSR count). The summed E-state index contributed by atoms with van der Waals surface area (Å²) in [5, 5.41) is 3.92. The number of thiazole rings is 1. The van der Waals surface area contributed by atoms with Gasteiger partial charge in [-0.3, -0.25) is 0 Å². The van der Waals surface area contributed by atoms with Gasteiger partial charge in [0.1, 0.15) is 0 Å². The number of aryl methyl sites for hydroxylation is 2. The van der Waals surface area contributed by atoms with Gasteiger partial charge in [-0.2, -0.15) is 0 Å². The molecule has 3 N–H and O–H groups in total. The van der Waals surface area contributed by atoms with Crippen molar-refractivity contribution in [1.82, 2.24) is 4.98 Å². The summed E-state index contributed by atoms with van der Waals surface area (Å²) in [6, 6.07) is 9.06. The number of hydrogen-bond acceptors (Lipinski definition) is 4. The summed E-state index contributed by atoms with van der Waals surface area (Å²) in [4.78, 5) is 6.08. The van der Waals surface area contributed by atoms with Crippen LogP contribution in [-0.4, -0.2) is 4.98 Å². The largest absolute Gasteiger partial charge is 0.386 e. The van der Waals surface area contributed by atoms with E-state index in [1.54, 1.807) is 11.3 Å². The minimum Gasteiger partial charge on any atom is -0.386 e. The molecule has 22 heavy (non-hydrogen) atoms. The summed E-state index contributed by atoms with van der Waals surface area (Å²) < 4.78 is 0. The Kier molecular flexibility index (Phi) is 4.48. The molecular formula is C18H23N3S. The topological polar surface area (TPSA) is 50.9 Å². The van der Waals surface area contributed by atoms with E-state index in [0.717, 1.165) is 24.4 Å². The van der Waals surface area contributed by atoms with Crippen molar-refractivity contribution < 1.29 is 0 Å². The van der Waals surface area contributed by atoms with Crippen LogP contribution in [0.25, 0.3) is 0 Å². The molecule has 0 bridgehead atoms. The molecule has 1 aliphatic rings. The summed E-state index contributed by atoms with van der Waals surface area (Å²) in [5.74, 6) is 1.05. The number of nitrogens with two attached hydrogens (primary N) is 1. The van der Waals surface area contributed by atoms with Crippen molar-refractivity contribution in [3.8, 4) is 0 Å². The third-order valence-corrected chi connectivity index (χ3v) is 5.31. The molecule has 3 nitrogen and oxygen atoms in total. The molecule has 1 atom stereocenters. The maximum absolute atomic E-state index is 5.62. The fourth-order valence-electron chi connectivity index (χ4n) is 3.12. The maximum atomic E-state index is 5.62. The van der Waals surface area contributed by atoms with Crippen LogP contribution in [-0.2, 0) is 19.3 Å². The number of anilines is 1. The van der Waals surface area contributed by atoms with E-state index in [4.69, 9.17) is 5.73 Å². The number of hydrogen-bond donors (Lipinski definition) is 2. The molecule has 116 valence electrons. The minimum absolute atomic E-state index is 0.455. The van der Waals surface area contributed by atoms with Crippen LogP contribution in [0.4, 0.5) is 5.13 Å². The SMILES string of the molecule is C=C(N)Nc1nc2c(s1)CC(c1cccc(CC)c1)CCC2. The first-order valence-corrected chi connectivity index (χ1v) is 8.76. The standard InChI is InChI=1S/C18H23N3S/c1-3-13-6-4-7-14(10-13)15-8-5-9-16-17(11-15)22-18(21-16)20-12(2)19/h4,6-7,10,15H,2-3,5,8-9,11,19H2,1H3,(H,20,21). The molecular weight excluding hydrogens is 290 g/mol. The lowest BCUT2D eigenvalue weighted by Crippen LogP contribution is -2.06. The molecule has 0 saturated heterocycles. The highest BCUT2D eigenvalue weighted by Crippen LogP contribution is 2.36. The van der Waals surface area contributed by atoms with E-state index in [2.05, 4.69) is 48.1 Å². The van der Waals surface area contributed by atoms with Crippen LogP contribution in [0.3, 0.4) is 0 Å². The highest BCUT2D eigenvalue weighted by molar-refractivity contribution is 7.15. The van der Waals surface area contributed by atoms with Gasteiger partial charge in [-0.25, -0.2) is 4.98 Å². The van der Waals surface area contributed by atoms with Gasteiger partial charge in [-0.1, -0.05) is 37.8 Å². The molecule has 0 radical (unpaired) electrons. The molecule has 0 spiro atoms. The Hall–Kier alpha value is -1.81. The van der Waals surface area contributed by atoms with E-state index in [1.807, 2.05) is 0 Å². The number of rotatable bonds is 4. The third-order valence-electron chi connectivity index (χ3n) is 4.27. The van der Waals surface area contributed by atoms with Crippen LogP contribution in [0.2, 0.25) is 0 Å². The van der Waals surface area contributed by atoms with Crippen LogP contribution in [0.15, 0.2) is 36.7 Å². The zero-order valence-corrected chi connectivity index (χ0v) is 13.9. The van der Waals surface area contributed by atoms with E-state index in [0.29, 0.717) is 11.7 Å². The first-order valence-electron chi connectivity index (χ1n) is 7.94. The van der Waals surface area contributed by atoms with Gasteiger partial charge in [0.15, 0.2) is 5.13 Å². The van der Waals surface area contributed by atoms with Crippen molar-refractivity contribution in [2.24, 2.45) is 5.73 Å². The van der Waals surface area contributed by atoms with Crippen LogP contribution >= 0.6 is 11.3 Å². The van der Waals surface area contributed by atoms with Crippen molar-refractivity contribution in [2.75, 3.05) is 5.32 Å². The van der Waals surface area contributed by atoms with Crippen LogP contribution in [0.5, 0.6) is 0 Å². The van der Waals surface area contributed by atoms with Gasteiger partial charge in [0.05, 0.1) is 11.5 Å². The Balaban J connectivity index is 1.83. The first-order chi connectivity index (χ1) is 10.7. The van der Waals surface area contributed by atoms with Gasteiger partial charge in [0.25, 0.3) is 0 Å². The smallest absolute Gasteiger partial charge is 0.188 e. The lowest BCUT2D eigenvalue weighted by atomic mass is 9.91. The summed E-state index contributed by atoms with van der Waals surface area (Å²) in [5.41, 5.74) is 9.76. The normalized spacial score (nSPS) is 17.6.